The summed E-state index contributed by atoms with van der Waals surface area (Å²) in [5, 5.41) is 0. The molecule has 0 bridgehead atoms. The molecule has 0 amide bonds. The SMILES string of the molecule is F[B-](F)(F)[C]1CCCCC1c1ccccc1. The van der Waals surface area contributed by atoms with Crippen LogP contribution in [0.2, 0.25) is 0 Å². The third-order valence-electron chi connectivity index (χ3n) is 3.28. The van der Waals surface area contributed by atoms with Gasteiger partial charge >= 0.3 is 6.98 Å². The summed E-state index contributed by atoms with van der Waals surface area (Å²) in [7, 11) is 0. The maximum Gasteiger partial charge on any atom is 0.482 e. The molecule has 1 aliphatic rings. The second-order valence-corrected chi connectivity index (χ2v) is 4.36. The van der Waals surface area contributed by atoms with Crippen LogP contribution in [0.15, 0.2) is 30.3 Å². The van der Waals surface area contributed by atoms with Crippen molar-refractivity contribution in [2.45, 2.75) is 31.6 Å². The van der Waals surface area contributed by atoms with Crippen molar-refractivity contribution in [2.24, 2.45) is 0 Å². The van der Waals surface area contributed by atoms with Crippen molar-refractivity contribution in [1.29, 1.82) is 0 Å². The van der Waals surface area contributed by atoms with Crippen LogP contribution in [0.4, 0.5) is 12.9 Å². The van der Waals surface area contributed by atoms with Crippen LogP contribution in [0, 0.1) is 5.82 Å². The van der Waals surface area contributed by atoms with E-state index in [2.05, 4.69) is 0 Å². The highest BCUT2D eigenvalue weighted by Crippen LogP contribution is 2.45. The van der Waals surface area contributed by atoms with Crippen LogP contribution in [0.5, 0.6) is 0 Å². The van der Waals surface area contributed by atoms with Crippen molar-refractivity contribution in [2.75, 3.05) is 0 Å². The first-order chi connectivity index (χ1) is 7.59. The lowest BCUT2D eigenvalue weighted by Gasteiger charge is -2.38. The first kappa shape index (κ1) is 11.6. The molecular weight excluding hydrogens is 212 g/mol. The zero-order chi connectivity index (χ0) is 11.6. The molecule has 0 N–H and O–H groups in total. The minimum Gasteiger partial charge on any atom is -0.449 e. The maximum absolute atomic E-state index is 12.9. The Hall–Kier alpha value is -0.925. The van der Waals surface area contributed by atoms with Crippen LogP contribution in [0.3, 0.4) is 0 Å². The van der Waals surface area contributed by atoms with Crippen molar-refractivity contribution >= 4 is 6.98 Å². The smallest absolute Gasteiger partial charge is 0.449 e. The second-order valence-electron chi connectivity index (χ2n) is 4.36. The predicted octanol–water partition coefficient (Wildman–Crippen LogP) is 4.31. The van der Waals surface area contributed by atoms with E-state index in [9.17, 15) is 12.9 Å². The van der Waals surface area contributed by atoms with E-state index in [1.807, 2.05) is 18.2 Å². The van der Waals surface area contributed by atoms with Gasteiger partial charge in [0.05, 0.1) is 0 Å². The molecule has 0 heterocycles. The van der Waals surface area contributed by atoms with Gasteiger partial charge in [-0.3, -0.25) is 0 Å². The molecule has 0 aliphatic heterocycles. The van der Waals surface area contributed by atoms with Crippen LogP contribution in [0.1, 0.15) is 37.2 Å². The number of benzene rings is 1. The minimum atomic E-state index is -4.79. The molecule has 0 nitrogen and oxygen atoms in total. The van der Waals surface area contributed by atoms with Crippen molar-refractivity contribution in [3.63, 3.8) is 0 Å². The Bertz CT molecular complexity index is 334. The molecule has 1 aromatic carbocycles. The highest BCUT2D eigenvalue weighted by Gasteiger charge is 2.41. The quantitative estimate of drug-likeness (QED) is 0.659. The normalized spacial score (nSPS) is 23.3. The molecular formula is C12H14BF3-. The van der Waals surface area contributed by atoms with Crippen molar-refractivity contribution in [1.82, 2.24) is 0 Å². The molecule has 1 unspecified atom stereocenters. The summed E-state index contributed by atoms with van der Waals surface area (Å²) in [4.78, 5) is 0. The van der Waals surface area contributed by atoms with E-state index in [4.69, 9.17) is 0 Å². The maximum atomic E-state index is 12.9. The summed E-state index contributed by atoms with van der Waals surface area (Å²) in [6, 6.07) is 9.07. The largest absolute Gasteiger partial charge is 0.482 e. The van der Waals surface area contributed by atoms with E-state index >= 15 is 0 Å². The van der Waals surface area contributed by atoms with E-state index in [1.165, 1.54) is 0 Å². The average molecular weight is 226 g/mol. The second kappa shape index (κ2) is 4.52. The molecule has 1 atom stereocenters. The van der Waals surface area contributed by atoms with Gasteiger partial charge in [-0.05, 0) is 17.9 Å². The average Bonchev–Trinajstić information content (AvgIpc) is 2.29. The van der Waals surface area contributed by atoms with E-state index in [0.29, 0.717) is 12.8 Å². The van der Waals surface area contributed by atoms with Crippen LogP contribution in [0.25, 0.3) is 0 Å². The van der Waals surface area contributed by atoms with Gasteiger partial charge in [-0.15, -0.1) is 0 Å². The molecule has 0 saturated heterocycles. The van der Waals surface area contributed by atoms with E-state index in [1.54, 1.807) is 12.1 Å². The monoisotopic (exact) mass is 226 g/mol. The van der Waals surface area contributed by atoms with Crippen LogP contribution < -0.4 is 0 Å². The summed E-state index contributed by atoms with van der Waals surface area (Å²) >= 11 is 0. The molecule has 1 fully saturated rings. The third-order valence-corrected chi connectivity index (χ3v) is 3.28. The topological polar surface area (TPSA) is 0 Å². The molecule has 1 aliphatic carbocycles. The van der Waals surface area contributed by atoms with Gasteiger partial charge in [0.25, 0.3) is 0 Å². The van der Waals surface area contributed by atoms with Crippen LogP contribution in [-0.4, -0.2) is 6.98 Å². The Morgan fingerprint density at radius 2 is 1.69 bits per heavy atom. The fourth-order valence-corrected chi connectivity index (χ4v) is 2.50. The van der Waals surface area contributed by atoms with Crippen molar-refractivity contribution in [3.05, 3.63) is 41.7 Å². The van der Waals surface area contributed by atoms with Crippen molar-refractivity contribution in [3.8, 4) is 0 Å². The van der Waals surface area contributed by atoms with Gasteiger partial charge in [-0.1, -0.05) is 55.4 Å². The highest BCUT2D eigenvalue weighted by molar-refractivity contribution is 6.65. The fourth-order valence-electron chi connectivity index (χ4n) is 2.50. The first-order valence-corrected chi connectivity index (χ1v) is 5.69. The summed E-state index contributed by atoms with van der Waals surface area (Å²) in [5.41, 5.74) is 0.816. The van der Waals surface area contributed by atoms with Gasteiger partial charge in [0.15, 0.2) is 0 Å². The molecule has 1 aromatic rings. The van der Waals surface area contributed by atoms with E-state index in [0.717, 1.165) is 12.0 Å². The number of hydrogen-bond donors (Lipinski definition) is 0. The molecule has 0 aromatic heterocycles. The number of halogens is 3. The standard InChI is InChI=1S/C12H14BF3/c14-13(15,16)12-9-5-4-8-11(12)10-6-2-1-3-7-10/h1-3,6-7,11H,4-5,8-9H2/q-1. The van der Waals surface area contributed by atoms with Gasteiger partial charge in [-0.25, -0.2) is 0 Å². The lowest BCUT2D eigenvalue weighted by molar-refractivity contribution is 0.409. The Balaban J connectivity index is 2.24. The van der Waals surface area contributed by atoms with Crippen molar-refractivity contribution < 1.29 is 12.9 Å². The Morgan fingerprint density at radius 3 is 2.31 bits per heavy atom. The van der Waals surface area contributed by atoms with Gasteiger partial charge in [-0.2, -0.15) is 0 Å². The van der Waals surface area contributed by atoms with E-state index < -0.39 is 12.9 Å². The molecule has 2 rings (SSSR count). The van der Waals surface area contributed by atoms with Gasteiger partial charge < -0.3 is 12.9 Å². The zero-order valence-electron chi connectivity index (χ0n) is 9.00. The molecule has 4 heteroatoms. The van der Waals surface area contributed by atoms with E-state index in [-0.39, 0.29) is 12.2 Å². The number of hydrogen-bond acceptors (Lipinski definition) is 0. The molecule has 16 heavy (non-hydrogen) atoms. The van der Waals surface area contributed by atoms with Gasteiger partial charge in [0, 0.05) is 0 Å². The molecule has 87 valence electrons. The minimum absolute atomic E-state index is 0.183. The van der Waals surface area contributed by atoms with Crippen LogP contribution >= 0.6 is 0 Å². The van der Waals surface area contributed by atoms with Gasteiger partial charge in [0.2, 0.25) is 0 Å². The summed E-state index contributed by atoms with van der Waals surface area (Å²) in [5.74, 6) is -0.576. The lowest BCUT2D eigenvalue weighted by Crippen LogP contribution is -2.34. The Morgan fingerprint density at radius 1 is 1.00 bits per heavy atom. The molecule has 1 radical (unpaired) electrons. The lowest BCUT2D eigenvalue weighted by atomic mass is 9.58. The summed E-state index contributed by atoms with van der Waals surface area (Å²) in [6.07, 6.45) is 2.44. The Labute approximate surface area is 93.9 Å². The summed E-state index contributed by atoms with van der Waals surface area (Å²) in [6.45, 7) is -4.79. The zero-order valence-corrected chi connectivity index (χ0v) is 9.00. The van der Waals surface area contributed by atoms with Crippen LogP contribution in [-0.2, 0) is 0 Å². The fraction of sp³-hybridized carbons (Fsp3) is 0.417. The first-order valence-electron chi connectivity index (χ1n) is 5.69. The molecule has 1 saturated carbocycles. The predicted molar refractivity (Wildman–Crippen MR) is 60.0 cm³/mol. The molecule has 0 spiro atoms. The summed E-state index contributed by atoms with van der Waals surface area (Å²) < 4.78 is 38.7. The highest BCUT2D eigenvalue weighted by atomic mass is 19.4. The third kappa shape index (κ3) is 2.42. The Kier molecular flexibility index (Phi) is 3.26. The number of rotatable bonds is 2. The van der Waals surface area contributed by atoms with Gasteiger partial charge in [0.1, 0.15) is 0 Å².